The van der Waals surface area contributed by atoms with Crippen LogP contribution < -0.4 is 4.74 Å². The third-order valence-electron chi connectivity index (χ3n) is 1.97. The van der Waals surface area contributed by atoms with Gasteiger partial charge in [0.1, 0.15) is 6.61 Å². The Morgan fingerprint density at radius 2 is 1.67 bits per heavy atom. The Kier molecular flexibility index (Phi) is 4.63. The number of Topliss-reactive ketones (excluding diaryl/α,β-unsaturated/α-hetero) is 1. The lowest BCUT2D eigenvalue weighted by molar-refractivity contribution is -0.121. The Bertz CT molecular complexity index is 437. The highest BCUT2D eigenvalue weighted by atomic mass is 19.2. The highest BCUT2D eigenvalue weighted by Gasteiger charge is 2.22. The summed E-state index contributed by atoms with van der Waals surface area (Å²) in [5, 5.41) is 0. The lowest BCUT2D eigenvalue weighted by Gasteiger charge is -2.09. The zero-order valence-corrected chi connectivity index (χ0v) is 9.77. The van der Waals surface area contributed by atoms with Crippen LogP contribution in [0.5, 0.6) is 5.75 Å². The van der Waals surface area contributed by atoms with Crippen molar-refractivity contribution >= 4 is 5.78 Å². The number of halogens is 4. The number of carbonyl (C=O) groups is 1. The maximum Gasteiger partial charge on any atom is 0.255 e. The minimum atomic E-state index is -1.82. The van der Waals surface area contributed by atoms with E-state index in [0.29, 0.717) is 0 Å². The van der Waals surface area contributed by atoms with Crippen molar-refractivity contribution in [2.24, 2.45) is 5.92 Å². The van der Waals surface area contributed by atoms with Crippen molar-refractivity contribution in [1.29, 1.82) is 0 Å². The van der Waals surface area contributed by atoms with Crippen LogP contribution >= 0.6 is 0 Å². The minimum absolute atomic E-state index is 0.0432. The molecule has 0 aliphatic heterocycles. The van der Waals surface area contributed by atoms with Crippen molar-refractivity contribution in [3.63, 3.8) is 0 Å². The number of carbonyl (C=O) groups excluding carboxylic acids is 1. The zero-order chi connectivity index (χ0) is 13.9. The maximum absolute atomic E-state index is 13.1. The van der Waals surface area contributed by atoms with Crippen molar-refractivity contribution in [2.75, 3.05) is 6.61 Å². The summed E-state index contributed by atoms with van der Waals surface area (Å²) >= 11 is 0. The minimum Gasteiger partial charge on any atom is -0.479 e. The van der Waals surface area contributed by atoms with E-state index >= 15 is 0 Å². The summed E-state index contributed by atoms with van der Waals surface area (Å²) in [4.78, 5) is 13.6. The van der Waals surface area contributed by atoms with Crippen LogP contribution in [0.25, 0.3) is 0 Å². The molecule has 0 saturated carbocycles. The number of aromatic nitrogens is 1. The molecule has 0 aromatic carbocycles. The van der Waals surface area contributed by atoms with Gasteiger partial charge in [-0.15, -0.1) is 0 Å². The molecule has 0 aliphatic rings. The van der Waals surface area contributed by atoms with E-state index in [2.05, 4.69) is 9.72 Å². The summed E-state index contributed by atoms with van der Waals surface area (Å²) < 4.78 is 56.0. The van der Waals surface area contributed by atoms with Crippen LogP contribution in [0.2, 0.25) is 0 Å². The van der Waals surface area contributed by atoms with Crippen LogP contribution in [0.15, 0.2) is 0 Å². The van der Waals surface area contributed by atoms with Crippen molar-refractivity contribution in [2.45, 2.75) is 20.3 Å². The summed E-state index contributed by atoms with van der Waals surface area (Å²) in [6.07, 6.45) is 0.138. The summed E-state index contributed by atoms with van der Waals surface area (Å²) in [5.41, 5.74) is 0. The van der Waals surface area contributed by atoms with E-state index in [1.807, 2.05) is 0 Å². The average Bonchev–Trinajstić information content (AvgIpc) is 2.25. The molecule has 0 atom stereocenters. The van der Waals surface area contributed by atoms with E-state index in [1.165, 1.54) is 0 Å². The predicted octanol–water partition coefficient (Wildman–Crippen LogP) is 2.63. The van der Waals surface area contributed by atoms with Crippen LogP contribution in [0.1, 0.15) is 20.3 Å². The van der Waals surface area contributed by atoms with E-state index in [-0.39, 0.29) is 12.3 Å². The molecular weight excluding hydrogens is 254 g/mol. The molecule has 0 amide bonds. The largest absolute Gasteiger partial charge is 0.479 e. The van der Waals surface area contributed by atoms with E-state index in [1.54, 1.807) is 13.8 Å². The van der Waals surface area contributed by atoms with Crippen LogP contribution in [0.4, 0.5) is 17.6 Å². The Balaban J connectivity index is 2.82. The fraction of sp³-hybridized carbons (Fsp3) is 0.455. The number of hydrogen-bond donors (Lipinski definition) is 0. The first-order chi connectivity index (χ1) is 8.32. The smallest absolute Gasteiger partial charge is 0.255 e. The van der Waals surface area contributed by atoms with Gasteiger partial charge in [-0.1, -0.05) is 13.8 Å². The van der Waals surface area contributed by atoms with Crippen molar-refractivity contribution in [1.82, 2.24) is 4.98 Å². The van der Waals surface area contributed by atoms with Gasteiger partial charge >= 0.3 is 0 Å². The van der Waals surface area contributed by atoms with Gasteiger partial charge in [0.05, 0.1) is 0 Å². The van der Waals surface area contributed by atoms with E-state index in [9.17, 15) is 22.4 Å². The van der Waals surface area contributed by atoms with Crippen LogP contribution in [-0.4, -0.2) is 17.4 Å². The van der Waals surface area contributed by atoms with Crippen LogP contribution in [0, 0.1) is 29.4 Å². The highest BCUT2D eigenvalue weighted by molar-refractivity contribution is 5.80. The van der Waals surface area contributed by atoms with Gasteiger partial charge in [0, 0.05) is 6.42 Å². The fourth-order valence-electron chi connectivity index (χ4n) is 1.26. The molecule has 3 nitrogen and oxygen atoms in total. The van der Waals surface area contributed by atoms with Gasteiger partial charge in [-0.05, 0) is 5.92 Å². The lowest BCUT2D eigenvalue weighted by Crippen LogP contribution is -2.16. The molecule has 0 N–H and O–H groups in total. The molecule has 1 aromatic heterocycles. The molecule has 18 heavy (non-hydrogen) atoms. The Labute approximate surface area is 101 Å². The highest BCUT2D eigenvalue weighted by Crippen LogP contribution is 2.24. The first-order valence-electron chi connectivity index (χ1n) is 5.17. The van der Waals surface area contributed by atoms with E-state index in [4.69, 9.17) is 0 Å². The predicted molar refractivity (Wildman–Crippen MR) is 54.0 cm³/mol. The monoisotopic (exact) mass is 265 g/mol. The van der Waals surface area contributed by atoms with Gasteiger partial charge in [0.2, 0.25) is 17.4 Å². The van der Waals surface area contributed by atoms with Gasteiger partial charge in [-0.2, -0.15) is 22.5 Å². The number of ketones is 1. The SMILES string of the molecule is CC(C)CC(=O)COc1c(F)c(F)nc(F)c1F. The first-order valence-corrected chi connectivity index (χ1v) is 5.17. The molecule has 0 bridgehead atoms. The summed E-state index contributed by atoms with van der Waals surface area (Å²) in [7, 11) is 0. The Morgan fingerprint density at radius 1 is 1.17 bits per heavy atom. The first kappa shape index (κ1) is 14.4. The van der Waals surface area contributed by atoms with Crippen molar-refractivity contribution in [3.05, 3.63) is 23.5 Å². The van der Waals surface area contributed by atoms with Crippen LogP contribution in [-0.2, 0) is 4.79 Å². The molecule has 0 aliphatic carbocycles. The van der Waals surface area contributed by atoms with Crippen molar-refractivity contribution in [3.8, 4) is 5.75 Å². The normalized spacial score (nSPS) is 10.8. The molecule has 0 fully saturated rings. The summed E-state index contributed by atoms with van der Waals surface area (Å²) in [6, 6.07) is 0. The van der Waals surface area contributed by atoms with Crippen LogP contribution in [0.3, 0.4) is 0 Å². The molecule has 1 heterocycles. The molecule has 100 valence electrons. The molecular formula is C11H11F4NO2. The van der Waals surface area contributed by atoms with E-state index in [0.717, 1.165) is 0 Å². The Hall–Kier alpha value is -1.66. The molecule has 0 radical (unpaired) electrons. The number of nitrogens with zero attached hydrogens (tertiary/aromatic N) is 1. The molecule has 0 unspecified atom stereocenters. The molecule has 0 saturated heterocycles. The average molecular weight is 265 g/mol. The summed E-state index contributed by atoms with van der Waals surface area (Å²) in [5.74, 6) is -8.81. The number of pyridine rings is 1. The third-order valence-corrected chi connectivity index (χ3v) is 1.97. The second-order valence-electron chi connectivity index (χ2n) is 4.08. The quantitative estimate of drug-likeness (QED) is 0.607. The summed E-state index contributed by atoms with van der Waals surface area (Å²) in [6.45, 7) is 2.88. The Morgan fingerprint density at radius 3 is 2.11 bits per heavy atom. The lowest BCUT2D eigenvalue weighted by atomic mass is 10.1. The van der Waals surface area contributed by atoms with Gasteiger partial charge in [0.25, 0.3) is 11.9 Å². The van der Waals surface area contributed by atoms with Gasteiger partial charge in [-0.3, -0.25) is 4.79 Å². The number of hydrogen-bond acceptors (Lipinski definition) is 3. The van der Waals surface area contributed by atoms with E-state index < -0.39 is 41.7 Å². The number of rotatable bonds is 5. The van der Waals surface area contributed by atoms with Crippen molar-refractivity contribution < 1.29 is 27.1 Å². The number of ether oxygens (including phenoxy) is 1. The molecule has 7 heteroatoms. The van der Waals surface area contributed by atoms with Gasteiger partial charge in [-0.25, -0.2) is 0 Å². The molecule has 1 rings (SSSR count). The fourth-order valence-corrected chi connectivity index (χ4v) is 1.26. The topological polar surface area (TPSA) is 39.2 Å². The van der Waals surface area contributed by atoms with Gasteiger partial charge < -0.3 is 4.74 Å². The molecule has 0 spiro atoms. The standard InChI is InChI=1S/C11H11F4NO2/c1-5(2)3-6(17)4-18-9-7(12)10(14)16-11(15)8(9)13/h5H,3-4H2,1-2H3. The second kappa shape index (κ2) is 5.79. The second-order valence-corrected chi connectivity index (χ2v) is 4.08. The zero-order valence-electron chi connectivity index (χ0n) is 9.77. The third kappa shape index (κ3) is 3.41. The van der Waals surface area contributed by atoms with Gasteiger partial charge in [0.15, 0.2) is 5.78 Å². The molecule has 1 aromatic rings. The maximum atomic E-state index is 13.1.